The number of hydrogen-bond donors (Lipinski definition) is 0. The fourth-order valence-corrected chi connectivity index (χ4v) is 1.95. The molecule has 0 fully saturated rings. The van der Waals surface area contributed by atoms with Crippen LogP contribution in [0.4, 0.5) is 0 Å². The van der Waals surface area contributed by atoms with Crippen LogP contribution in [0.1, 0.15) is 35.1 Å². The molecule has 1 unspecified atom stereocenters. The van der Waals surface area contributed by atoms with Crippen LogP contribution in [0.5, 0.6) is 0 Å². The third-order valence-corrected chi connectivity index (χ3v) is 2.39. The number of aryl methyl sites for hydroxylation is 3. The highest BCUT2D eigenvalue weighted by Crippen LogP contribution is 2.24. The van der Waals surface area contributed by atoms with Gasteiger partial charge in [0.2, 0.25) is 0 Å². The van der Waals surface area contributed by atoms with Gasteiger partial charge in [0.05, 0.1) is 0 Å². The lowest BCUT2D eigenvalue weighted by Crippen LogP contribution is -1.98. The fraction of sp³-hybridized carbons (Fsp3) is 0.385. The van der Waals surface area contributed by atoms with Gasteiger partial charge in [-0.05, 0) is 50.8 Å². The van der Waals surface area contributed by atoms with Crippen LogP contribution >= 0.6 is 0 Å². The Morgan fingerprint density at radius 2 is 1.62 bits per heavy atom. The van der Waals surface area contributed by atoms with Crippen LogP contribution in [0.2, 0.25) is 0 Å². The molecule has 67 valence electrons. The first kappa shape index (κ1) is 9.86. The molecule has 0 heterocycles. The van der Waals surface area contributed by atoms with Gasteiger partial charge < -0.3 is 0 Å². The summed E-state index contributed by atoms with van der Waals surface area (Å²) < 4.78 is 0. The Kier molecular flexibility index (Phi) is 2.78. The molecule has 0 nitrogen and oxygen atoms in total. The van der Waals surface area contributed by atoms with Crippen molar-refractivity contribution >= 4 is 0 Å². The van der Waals surface area contributed by atoms with Crippen molar-refractivity contribution in [1.29, 1.82) is 0 Å². The molecule has 0 amide bonds. The van der Waals surface area contributed by atoms with Gasteiger partial charge in [-0.3, -0.25) is 0 Å². The molecule has 0 N–H and O–H groups in total. The van der Waals surface area contributed by atoms with Crippen molar-refractivity contribution in [1.82, 2.24) is 0 Å². The highest BCUT2D eigenvalue weighted by atomic mass is 14.1. The zero-order valence-electron chi connectivity index (χ0n) is 8.73. The smallest absolute Gasteiger partial charge is 0.0439 e. The largest absolute Gasteiger partial charge is 0.0812 e. The maximum Gasteiger partial charge on any atom is 0.0439 e. The summed E-state index contributed by atoms with van der Waals surface area (Å²) in [6.45, 7) is 8.31. The average molecular weight is 171 g/mol. The Bertz CT molecular complexity index is 330. The standard InChI is InChI=1S/C13H15/c1-6-10(3)13-11(4)7-9(2)8-12(13)5/h7-8,10H,2-5H3. The van der Waals surface area contributed by atoms with Crippen LogP contribution in [0, 0.1) is 33.1 Å². The Labute approximate surface area is 81.0 Å². The Balaban J connectivity index is 3.30. The Morgan fingerprint density at radius 1 is 1.15 bits per heavy atom. The van der Waals surface area contributed by atoms with Crippen molar-refractivity contribution in [2.24, 2.45) is 0 Å². The van der Waals surface area contributed by atoms with E-state index in [0.29, 0.717) is 0 Å². The zero-order valence-corrected chi connectivity index (χ0v) is 8.73. The van der Waals surface area contributed by atoms with E-state index >= 15 is 0 Å². The van der Waals surface area contributed by atoms with E-state index in [1.54, 1.807) is 0 Å². The number of benzene rings is 1. The summed E-state index contributed by atoms with van der Waals surface area (Å²) in [7, 11) is 0. The normalized spacial score (nSPS) is 12.2. The Hall–Kier alpha value is -1.22. The van der Waals surface area contributed by atoms with Crippen molar-refractivity contribution in [3.63, 3.8) is 0 Å². The lowest BCUT2D eigenvalue weighted by atomic mass is 9.91. The van der Waals surface area contributed by atoms with Crippen LogP contribution < -0.4 is 0 Å². The van der Waals surface area contributed by atoms with Gasteiger partial charge in [0.1, 0.15) is 0 Å². The summed E-state index contributed by atoms with van der Waals surface area (Å²) in [5.41, 5.74) is 5.08. The molecule has 0 bridgehead atoms. The van der Waals surface area contributed by atoms with Gasteiger partial charge in [-0.25, -0.2) is 0 Å². The maximum atomic E-state index is 7.14. The summed E-state index contributed by atoms with van der Waals surface area (Å²) in [6.07, 6.45) is 7.14. The quantitative estimate of drug-likeness (QED) is 0.569. The summed E-state index contributed by atoms with van der Waals surface area (Å²) >= 11 is 0. The molecule has 1 aromatic carbocycles. The van der Waals surface area contributed by atoms with Gasteiger partial charge in [0, 0.05) is 5.92 Å². The molecule has 1 aromatic rings. The molecule has 0 aliphatic rings. The third-order valence-electron chi connectivity index (χ3n) is 2.39. The molecule has 0 heteroatoms. The fourth-order valence-electron chi connectivity index (χ4n) is 1.95. The van der Waals surface area contributed by atoms with Crippen LogP contribution in [0.3, 0.4) is 0 Å². The predicted octanol–water partition coefficient (Wildman–Crippen LogP) is 3.31. The van der Waals surface area contributed by atoms with E-state index in [1.165, 1.54) is 22.3 Å². The minimum atomic E-state index is 0.112. The zero-order chi connectivity index (χ0) is 10.0. The molecule has 1 atom stereocenters. The first-order valence-electron chi connectivity index (χ1n) is 4.56. The second-order valence-corrected chi connectivity index (χ2v) is 3.68. The number of rotatable bonds is 1. The molecule has 13 heavy (non-hydrogen) atoms. The summed E-state index contributed by atoms with van der Waals surface area (Å²) in [6, 6.07) is 4.33. The van der Waals surface area contributed by atoms with Gasteiger partial charge >= 0.3 is 0 Å². The molecule has 0 aliphatic carbocycles. The molecule has 0 saturated heterocycles. The van der Waals surface area contributed by atoms with Crippen molar-refractivity contribution < 1.29 is 0 Å². The van der Waals surface area contributed by atoms with Crippen LogP contribution in [0.15, 0.2) is 12.1 Å². The SMILES string of the molecule is [C]#CC(C)c1c(C)cc(C)cc1C. The first-order chi connectivity index (χ1) is 6.06. The van der Waals surface area contributed by atoms with E-state index < -0.39 is 0 Å². The summed E-state index contributed by atoms with van der Waals surface area (Å²) in [5, 5.41) is 0. The minimum absolute atomic E-state index is 0.112. The molecule has 0 spiro atoms. The van der Waals surface area contributed by atoms with Gasteiger partial charge in [0.15, 0.2) is 0 Å². The van der Waals surface area contributed by atoms with Crippen LogP contribution in [0.25, 0.3) is 0 Å². The van der Waals surface area contributed by atoms with E-state index in [2.05, 4.69) is 38.8 Å². The molecule has 0 aromatic heterocycles. The highest BCUT2D eigenvalue weighted by Gasteiger charge is 2.08. The first-order valence-corrected chi connectivity index (χ1v) is 4.56. The van der Waals surface area contributed by atoms with Crippen molar-refractivity contribution in [2.75, 3.05) is 0 Å². The molecule has 0 aliphatic heterocycles. The topological polar surface area (TPSA) is 0 Å². The summed E-state index contributed by atoms with van der Waals surface area (Å²) in [4.78, 5) is 0. The molecule has 1 rings (SSSR count). The van der Waals surface area contributed by atoms with Crippen molar-refractivity contribution in [3.05, 3.63) is 40.8 Å². The second kappa shape index (κ2) is 3.66. The molecule has 1 radical (unpaired) electrons. The second-order valence-electron chi connectivity index (χ2n) is 3.68. The highest BCUT2D eigenvalue weighted by molar-refractivity contribution is 5.41. The monoisotopic (exact) mass is 171 g/mol. The van der Waals surface area contributed by atoms with E-state index in [9.17, 15) is 0 Å². The predicted molar refractivity (Wildman–Crippen MR) is 56.2 cm³/mol. The van der Waals surface area contributed by atoms with Gasteiger partial charge in [-0.2, -0.15) is 0 Å². The van der Waals surface area contributed by atoms with Crippen LogP contribution in [-0.4, -0.2) is 0 Å². The summed E-state index contributed by atoms with van der Waals surface area (Å²) in [5.74, 6) is 2.64. The lowest BCUT2D eigenvalue weighted by molar-refractivity contribution is 0.965. The number of hydrogen-bond acceptors (Lipinski definition) is 0. The minimum Gasteiger partial charge on any atom is -0.0812 e. The Morgan fingerprint density at radius 3 is 2.00 bits per heavy atom. The van der Waals surface area contributed by atoms with E-state index in [1.807, 2.05) is 6.92 Å². The van der Waals surface area contributed by atoms with Crippen molar-refractivity contribution in [2.45, 2.75) is 33.6 Å². The van der Waals surface area contributed by atoms with E-state index in [-0.39, 0.29) is 5.92 Å². The molecular formula is C13H15. The van der Waals surface area contributed by atoms with E-state index in [0.717, 1.165) is 0 Å². The molecule has 0 saturated carbocycles. The average Bonchev–Trinajstić information content (AvgIpc) is 2.02. The molecular weight excluding hydrogens is 156 g/mol. The van der Waals surface area contributed by atoms with E-state index in [4.69, 9.17) is 6.42 Å². The van der Waals surface area contributed by atoms with Gasteiger partial charge in [0.25, 0.3) is 0 Å². The third kappa shape index (κ3) is 1.92. The maximum absolute atomic E-state index is 7.14. The van der Waals surface area contributed by atoms with Gasteiger partial charge in [-0.1, -0.05) is 23.6 Å². The van der Waals surface area contributed by atoms with Gasteiger partial charge in [-0.15, -0.1) is 0 Å². The lowest BCUT2D eigenvalue weighted by Gasteiger charge is -2.13. The van der Waals surface area contributed by atoms with Crippen molar-refractivity contribution in [3.8, 4) is 5.92 Å². The van der Waals surface area contributed by atoms with Crippen LogP contribution in [-0.2, 0) is 0 Å².